The number of halogens is 1. The summed E-state index contributed by atoms with van der Waals surface area (Å²) in [6.07, 6.45) is 0. The van der Waals surface area contributed by atoms with E-state index in [1.165, 1.54) is 0 Å². The molecule has 0 aliphatic heterocycles. The third kappa shape index (κ3) is 6.12. The molecule has 1 unspecified atom stereocenters. The highest BCUT2D eigenvalue weighted by molar-refractivity contribution is 9.10. The number of aliphatic carboxylic acids is 1. The van der Waals surface area contributed by atoms with E-state index in [9.17, 15) is 23.1 Å². The number of hydrogen-bond acceptors (Lipinski definition) is 5. The number of nitrogens with one attached hydrogen (secondary N) is 1. The molecule has 1 rings (SSSR count). The van der Waals surface area contributed by atoms with Crippen LogP contribution in [0.15, 0.2) is 28.7 Å². The summed E-state index contributed by atoms with van der Waals surface area (Å²) in [4.78, 5) is 22.2. The molecule has 1 aromatic carbocycles. The SMILES string of the molecule is CC(O)(CNC(=O)CS(=O)(=O)Cc1ccc(Br)cc1)C(=O)O. The highest BCUT2D eigenvalue weighted by atomic mass is 79.9. The van der Waals surface area contributed by atoms with E-state index in [-0.39, 0.29) is 5.75 Å². The van der Waals surface area contributed by atoms with Crippen molar-refractivity contribution < 1.29 is 28.2 Å². The summed E-state index contributed by atoms with van der Waals surface area (Å²) in [5, 5.41) is 20.2. The number of aliphatic hydroxyl groups is 1. The third-order valence-electron chi connectivity index (χ3n) is 2.74. The van der Waals surface area contributed by atoms with E-state index < -0.39 is 39.6 Å². The maximum absolute atomic E-state index is 11.9. The van der Waals surface area contributed by atoms with Gasteiger partial charge in [-0.1, -0.05) is 28.1 Å². The molecule has 0 saturated carbocycles. The van der Waals surface area contributed by atoms with Crippen LogP contribution >= 0.6 is 15.9 Å². The van der Waals surface area contributed by atoms with Gasteiger partial charge in [-0.15, -0.1) is 0 Å². The molecule has 0 radical (unpaired) electrons. The van der Waals surface area contributed by atoms with E-state index >= 15 is 0 Å². The van der Waals surface area contributed by atoms with Crippen molar-refractivity contribution in [2.24, 2.45) is 0 Å². The van der Waals surface area contributed by atoms with Crippen LogP contribution in [0, 0.1) is 0 Å². The van der Waals surface area contributed by atoms with Gasteiger partial charge in [-0.3, -0.25) is 4.79 Å². The Morgan fingerprint density at radius 2 is 1.82 bits per heavy atom. The van der Waals surface area contributed by atoms with Crippen molar-refractivity contribution >= 4 is 37.6 Å². The van der Waals surface area contributed by atoms with Gasteiger partial charge in [0.2, 0.25) is 5.91 Å². The van der Waals surface area contributed by atoms with Crippen molar-refractivity contribution in [3.05, 3.63) is 34.3 Å². The molecule has 1 atom stereocenters. The standard InChI is InChI=1S/C13H16BrNO6S/c1-13(19,12(17)18)8-15-11(16)7-22(20,21)6-9-2-4-10(14)5-3-9/h2-5,19H,6-8H2,1H3,(H,15,16)(H,17,18). The zero-order chi connectivity index (χ0) is 17.0. The van der Waals surface area contributed by atoms with Crippen LogP contribution in [-0.4, -0.2) is 48.4 Å². The summed E-state index contributed by atoms with van der Waals surface area (Å²) in [6, 6.07) is 6.62. The van der Waals surface area contributed by atoms with E-state index in [1.807, 2.05) is 0 Å². The van der Waals surface area contributed by atoms with Crippen LogP contribution in [0.2, 0.25) is 0 Å². The lowest BCUT2D eigenvalue weighted by atomic mass is 10.1. The molecule has 0 aromatic heterocycles. The Bertz CT molecular complexity index is 654. The molecule has 22 heavy (non-hydrogen) atoms. The van der Waals surface area contributed by atoms with Crippen molar-refractivity contribution in [2.45, 2.75) is 18.3 Å². The number of carboxylic acid groups (broad SMARTS) is 1. The molecule has 7 nitrogen and oxygen atoms in total. The first kappa shape index (κ1) is 18.6. The molecule has 0 aliphatic rings. The summed E-state index contributed by atoms with van der Waals surface area (Å²) in [6.45, 7) is 0.431. The van der Waals surface area contributed by atoms with Crippen LogP contribution in [0.1, 0.15) is 12.5 Å². The van der Waals surface area contributed by atoms with E-state index in [0.29, 0.717) is 5.56 Å². The fourth-order valence-electron chi connectivity index (χ4n) is 1.48. The number of carbonyl (C=O) groups excluding carboxylic acids is 1. The first-order valence-corrected chi connectivity index (χ1v) is 8.81. The number of benzene rings is 1. The Morgan fingerprint density at radius 3 is 2.32 bits per heavy atom. The fourth-order valence-corrected chi connectivity index (χ4v) is 3.05. The molecule has 0 fully saturated rings. The number of sulfone groups is 1. The largest absolute Gasteiger partial charge is 0.479 e. The topological polar surface area (TPSA) is 121 Å². The zero-order valence-corrected chi connectivity index (χ0v) is 14.1. The van der Waals surface area contributed by atoms with Gasteiger partial charge in [0.25, 0.3) is 0 Å². The predicted octanol–water partition coefficient (Wildman–Crippen LogP) is 0.316. The van der Waals surface area contributed by atoms with Gasteiger partial charge in [0.05, 0.1) is 12.3 Å². The highest BCUT2D eigenvalue weighted by Gasteiger charge is 2.30. The molecule has 122 valence electrons. The van der Waals surface area contributed by atoms with Crippen LogP contribution in [0.25, 0.3) is 0 Å². The summed E-state index contributed by atoms with van der Waals surface area (Å²) < 4.78 is 24.6. The zero-order valence-electron chi connectivity index (χ0n) is 11.7. The van der Waals surface area contributed by atoms with Gasteiger partial charge in [0.15, 0.2) is 15.4 Å². The molecule has 0 aliphatic carbocycles. The van der Waals surface area contributed by atoms with Crippen LogP contribution in [0.5, 0.6) is 0 Å². The Morgan fingerprint density at radius 1 is 1.27 bits per heavy atom. The average molecular weight is 394 g/mol. The molecule has 1 amide bonds. The van der Waals surface area contributed by atoms with E-state index in [0.717, 1.165) is 11.4 Å². The van der Waals surface area contributed by atoms with E-state index in [4.69, 9.17) is 5.11 Å². The van der Waals surface area contributed by atoms with Crippen LogP contribution < -0.4 is 5.32 Å². The lowest BCUT2D eigenvalue weighted by Gasteiger charge is -2.18. The second kappa shape index (κ2) is 7.21. The van der Waals surface area contributed by atoms with E-state index in [2.05, 4.69) is 21.2 Å². The quantitative estimate of drug-likeness (QED) is 0.613. The fraction of sp³-hybridized carbons (Fsp3) is 0.385. The normalized spacial score (nSPS) is 14.1. The summed E-state index contributed by atoms with van der Waals surface area (Å²) in [5.74, 6) is -3.45. The van der Waals surface area contributed by atoms with Crippen molar-refractivity contribution in [1.29, 1.82) is 0 Å². The number of hydrogen-bond donors (Lipinski definition) is 3. The summed E-state index contributed by atoms with van der Waals surface area (Å²) in [5.41, 5.74) is -1.61. The van der Waals surface area contributed by atoms with E-state index in [1.54, 1.807) is 24.3 Å². The summed E-state index contributed by atoms with van der Waals surface area (Å²) >= 11 is 3.23. The lowest BCUT2D eigenvalue weighted by molar-refractivity contribution is -0.156. The Hall–Kier alpha value is -1.45. The number of carbonyl (C=O) groups is 2. The number of amides is 1. The smallest absolute Gasteiger partial charge is 0.337 e. The van der Waals surface area contributed by atoms with Gasteiger partial charge in [-0.25, -0.2) is 13.2 Å². The average Bonchev–Trinajstić information content (AvgIpc) is 2.38. The minimum Gasteiger partial charge on any atom is -0.479 e. The predicted molar refractivity (Wildman–Crippen MR) is 82.9 cm³/mol. The van der Waals surface area contributed by atoms with Gasteiger partial charge >= 0.3 is 5.97 Å². The van der Waals surface area contributed by atoms with Gasteiger partial charge in [0.1, 0.15) is 5.75 Å². The summed E-state index contributed by atoms with van der Waals surface area (Å²) in [7, 11) is -3.69. The molecule has 0 saturated heterocycles. The maximum Gasteiger partial charge on any atom is 0.337 e. The van der Waals surface area contributed by atoms with Crippen LogP contribution in [0.3, 0.4) is 0 Å². The maximum atomic E-state index is 11.9. The highest BCUT2D eigenvalue weighted by Crippen LogP contribution is 2.13. The second-order valence-corrected chi connectivity index (χ2v) is 7.99. The lowest BCUT2D eigenvalue weighted by Crippen LogP contribution is -2.47. The third-order valence-corrected chi connectivity index (χ3v) is 4.75. The first-order chi connectivity index (χ1) is 10.0. The molecule has 0 spiro atoms. The second-order valence-electron chi connectivity index (χ2n) is 5.01. The monoisotopic (exact) mass is 393 g/mol. The van der Waals surface area contributed by atoms with Crippen molar-refractivity contribution in [1.82, 2.24) is 5.32 Å². The molecular formula is C13H16BrNO6S. The van der Waals surface area contributed by atoms with Crippen molar-refractivity contribution in [2.75, 3.05) is 12.3 Å². The number of rotatable bonds is 7. The molecule has 0 bridgehead atoms. The van der Waals surface area contributed by atoms with Gasteiger partial charge < -0.3 is 15.5 Å². The van der Waals surface area contributed by atoms with Gasteiger partial charge in [-0.2, -0.15) is 0 Å². The molecule has 9 heteroatoms. The first-order valence-electron chi connectivity index (χ1n) is 6.19. The van der Waals surface area contributed by atoms with Crippen molar-refractivity contribution in [3.8, 4) is 0 Å². The Balaban J connectivity index is 2.59. The van der Waals surface area contributed by atoms with Crippen molar-refractivity contribution in [3.63, 3.8) is 0 Å². The Kier molecular flexibility index (Phi) is 6.09. The minimum atomic E-state index is -3.69. The molecule has 0 heterocycles. The molecule has 1 aromatic rings. The Labute approximate surface area is 136 Å². The van der Waals surface area contributed by atoms with Crippen LogP contribution in [0.4, 0.5) is 0 Å². The molecular weight excluding hydrogens is 378 g/mol. The minimum absolute atomic E-state index is 0.303. The number of carboxylic acids is 1. The van der Waals surface area contributed by atoms with Gasteiger partial charge in [0, 0.05) is 4.47 Å². The molecule has 3 N–H and O–H groups in total. The van der Waals surface area contributed by atoms with Crippen LogP contribution in [-0.2, 0) is 25.2 Å². The van der Waals surface area contributed by atoms with Gasteiger partial charge in [-0.05, 0) is 24.6 Å².